The lowest BCUT2D eigenvalue weighted by molar-refractivity contribution is -0.139. The van der Waals surface area contributed by atoms with Crippen LogP contribution in [-0.4, -0.2) is 39.4 Å². The number of thiophene rings is 1. The Hall–Kier alpha value is -3.84. The van der Waals surface area contributed by atoms with E-state index in [0.29, 0.717) is 25.1 Å². The lowest BCUT2D eigenvalue weighted by atomic mass is 9.98. The van der Waals surface area contributed by atoms with Gasteiger partial charge in [-0.2, -0.15) is 0 Å². The van der Waals surface area contributed by atoms with E-state index in [1.165, 1.54) is 11.3 Å². The van der Waals surface area contributed by atoms with Crippen LogP contribution in [0.1, 0.15) is 27.6 Å². The molecule has 176 valence electrons. The first-order chi connectivity index (χ1) is 17.0. The highest BCUT2D eigenvalue weighted by atomic mass is 32.1. The van der Waals surface area contributed by atoms with E-state index in [1.54, 1.807) is 11.0 Å². The highest BCUT2D eigenvalue weighted by Crippen LogP contribution is 2.42. The van der Waals surface area contributed by atoms with Gasteiger partial charge < -0.3 is 19.3 Å². The Morgan fingerprint density at radius 3 is 2.83 bits per heavy atom. The van der Waals surface area contributed by atoms with Crippen LogP contribution in [0.15, 0.2) is 71.7 Å². The molecule has 1 amide bonds. The second-order valence-electron chi connectivity index (χ2n) is 8.96. The lowest BCUT2D eigenvalue weighted by Crippen LogP contribution is -2.31. The number of fused-ring (bicyclic) bond motifs is 2. The van der Waals surface area contributed by atoms with Crippen molar-refractivity contribution in [2.75, 3.05) is 13.2 Å². The van der Waals surface area contributed by atoms with Gasteiger partial charge in [-0.05, 0) is 53.3 Å². The summed E-state index contributed by atoms with van der Waals surface area (Å²) in [5, 5.41) is 14.4. The molecule has 1 unspecified atom stereocenters. The fourth-order valence-corrected chi connectivity index (χ4v) is 6.05. The van der Waals surface area contributed by atoms with Crippen LogP contribution >= 0.6 is 11.3 Å². The van der Waals surface area contributed by atoms with Crippen molar-refractivity contribution in [2.24, 2.45) is 7.05 Å². The van der Waals surface area contributed by atoms with Gasteiger partial charge in [0.25, 0.3) is 11.7 Å². The fraction of sp³-hybridized carbons (Fsp3) is 0.214. The highest BCUT2D eigenvalue weighted by molar-refractivity contribution is 7.10. The molecule has 1 atom stereocenters. The minimum absolute atomic E-state index is 0.135. The molecule has 35 heavy (non-hydrogen) atoms. The molecule has 0 spiro atoms. The van der Waals surface area contributed by atoms with Crippen LogP contribution in [0.4, 0.5) is 0 Å². The number of carbonyl (C=O) groups is 2. The number of para-hydroxylation sites is 1. The third kappa shape index (κ3) is 3.54. The fourth-order valence-electron chi connectivity index (χ4n) is 5.21. The predicted octanol–water partition coefficient (Wildman–Crippen LogP) is 4.84. The number of likely N-dealkylation sites (tertiary alicyclic amines) is 1. The molecule has 0 saturated carbocycles. The number of aromatic nitrogens is 1. The Morgan fingerprint density at radius 2 is 2.00 bits per heavy atom. The molecule has 1 N–H and O–H groups in total. The summed E-state index contributed by atoms with van der Waals surface area (Å²) < 4.78 is 7.65. The molecule has 2 aliphatic heterocycles. The number of ketones is 1. The first kappa shape index (κ1) is 21.7. The second-order valence-corrected chi connectivity index (χ2v) is 9.94. The maximum Gasteiger partial charge on any atom is 0.295 e. The Morgan fingerprint density at radius 1 is 1.14 bits per heavy atom. The molecular weight excluding hydrogens is 460 g/mol. The van der Waals surface area contributed by atoms with Crippen molar-refractivity contribution in [2.45, 2.75) is 18.9 Å². The number of aliphatic hydroxyl groups excluding tert-OH is 1. The topological polar surface area (TPSA) is 71.8 Å². The number of aryl methyl sites for hydroxylation is 1. The number of hydrogen-bond donors (Lipinski definition) is 1. The minimum atomic E-state index is -0.643. The van der Waals surface area contributed by atoms with Crippen LogP contribution in [-0.2, 0) is 29.5 Å². The van der Waals surface area contributed by atoms with Crippen molar-refractivity contribution in [3.8, 4) is 5.75 Å². The predicted molar refractivity (Wildman–Crippen MR) is 136 cm³/mol. The zero-order chi connectivity index (χ0) is 24.1. The van der Waals surface area contributed by atoms with E-state index in [0.717, 1.165) is 39.1 Å². The van der Waals surface area contributed by atoms with E-state index in [1.807, 2.05) is 48.8 Å². The summed E-state index contributed by atoms with van der Waals surface area (Å²) >= 11 is 1.48. The number of ether oxygens (including phenoxy) is 1. The van der Waals surface area contributed by atoms with Gasteiger partial charge in [-0.25, -0.2) is 0 Å². The summed E-state index contributed by atoms with van der Waals surface area (Å²) in [6.45, 7) is 0.975. The highest BCUT2D eigenvalue weighted by Gasteiger charge is 2.46. The molecule has 6 nitrogen and oxygen atoms in total. The first-order valence-electron chi connectivity index (χ1n) is 11.6. The molecule has 1 saturated heterocycles. The van der Waals surface area contributed by atoms with E-state index in [9.17, 15) is 14.7 Å². The molecule has 2 aromatic heterocycles. The Balaban J connectivity index is 1.39. The normalized spacial score (nSPS) is 18.9. The van der Waals surface area contributed by atoms with Crippen molar-refractivity contribution in [3.63, 3.8) is 0 Å². The summed E-state index contributed by atoms with van der Waals surface area (Å²) in [6.07, 6.45) is 3.44. The monoisotopic (exact) mass is 484 g/mol. The van der Waals surface area contributed by atoms with Crippen molar-refractivity contribution in [3.05, 3.63) is 93.3 Å². The van der Waals surface area contributed by atoms with Crippen LogP contribution in [0.25, 0.3) is 16.7 Å². The van der Waals surface area contributed by atoms with Crippen LogP contribution < -0.4 is 4.74 Å². The van der Waals surface area contributed by atoms with Crippen molar-refractivity contribution < 1.29 is 19.4 Å². The molecular formula is C28H24N2O4S. The van der Waals surface area contributed by atoms with E-state index in [2.05, 4.69) is 22.9 Å². The maximum absolute atomic E-state index is 13.3. The molecule has 4 aromatic rings. The summed E-state index contributed by atoms with van der Waals surface area (Å²) in [5.41, 5.74) is 3.91. The number of hydrogen-bond acceptors (Lipinski definition) is 5. The van der Waals surface area contributed by atoms with Crippen molar-refractivity contribution >= 4 is 39.7 Å². The van der Waals surface area contributed by atoms with Gasteiger partial charge in [-0.1, -0.05) is 24.3 Å². The summed E-state index contributed by atoms with van der Waals surface area (Å²) in [5.74, 6) is -0.554. The molecule has 7 heteroatoms. The van der Waals surface area contributed by atoms with Crippen molar-refractivity contribution in [1.29, 1.82) is 0 Å². The van der Waals surface area contributed by atoms with Crippen LogP contribution in [0.5, 0.6) is 5.75 Å². The van der Waals surface area contributed by atoms with E-state index in [4.69, 9.17) is 4.74 Å². The van der Waals surface area contributed by atoms with Crippen LogP contribution in [0.3, 0.4) is 0 Å². The van der Waals surface area contributed by atoms with E-state index < -0.39 is 17.7 Å². The number of nitrogens with zero attached hydrogens (tertiary/aromatic N) is 2. The second kappa shape index (κ2) is 8.43. The summed E-state index contributed by atoms with van der Waals surface area (Å²) in [6, 6.07) is 16.8. The molecule has 6 rings (SSSR count). The largest absolute Gasteiger partial charge is 0.507 e. The molecule has 4 heterocycles. The number of amides is 1. The molecule has 2 aromatic carbocycles. The van der Waals surface area contributed by atoms with Gasteiger partial charge in [-0.3, -0.25) is 9.59 Å². The zero-order valence-corrected chi connectivity index (χ0v) is 20.0. The van der Waals surface area contributed by atoms with Gasteiger partial charge in [0.05, 0.1) is 18.2 Å². The van der Waals surface area contributed by atoms with Gasteiger partial charge in [0.15, 0.2) is 0 Å². The number of aliphatic hydroxyl groups is 1. The van der Waals surface area contributed by atoms with Crippen molar-refractivity contribution in [1.82, 2.24) is 9.47 Å². The quantitative estimate of drug-likeness (QED) is 0.250. The smallest absolute Gasteiger partial charge is 0.295 e. The summed E-state index contributed by atoms with van der Waals surface area (Å²) in [4.78, 5) is 29.0. The minimum Gasteiger partial charge on any atom is -0.507 e. The average Bonchev–Trinajstić information content (AvgIpc) is 3.66. The molecule has 0 radical (unpaired) electrons. The van der Waals surface area contributed by atoms with Gasteiger partial charge >= 0.3 is 0 Å². The number of benzene rings is 2. The van der Waals surface area contributed by atoms with Gasteiger partial charge in [-0.15, -0.1) is 11.3 Å². The number of rotatable bonds is 5. The first-order valence-corrected chi connectivity index (χ1v) is 12.5. The number of carbonyl (C=O) groups excluding carboxylic acids is 2. The van der Waals surface area contributed by atoms with Gasteiger partial charge in [0.1, 0.15) is 11.5 Å². The zero-order valence-electron chi connectivity index (χ0n) is 19.2. The Bertz CT molecular complexity index is 1500. The average molecular weight is 485 g/mol. The number of Topliss-reactive ketones (excluding diaryl/α,β-unsaturated/α-hetero) is 1. The standard InChI is InChI=1S/C28H24N2O4S/c1-29-16-19(20-5-2-3-6-21(20)29)10-12-30-25(23-7-4-14-35-23)24(27(32)28(30)33)26(31)18-8-9-22-17(15-18)11-13-34-22/h2-9,14-16,25,31H,10-13H2,1H3/b26-24-. The maximum atomic E-state index is 13.3. The van der Waals surface area contributed by atoms with Crippen LogP contribution in [0, 0.1) is 0 Å². The molecule has 0 bridgehead atoms. The Kier molecular flexibility index (Phi) is 5.22. The molecule has 0 aliphatic carbocycles. The van der Waals surface area contributed by atoms with Gasteiger partial charge in [0, 0.05) is 47.6 Å². The van der Waals surface area contributed by atoms with Gasteiger partial charge in [0.2, 0.25) is 0 Å². The third-order valence-corrected chi connectivity index (χ3v) is 7.84. The Labute approximate surface area is 206 Å². The van der Waals surface area contributed by atoms with Crippen LogP contribution in [0.2, 0.25) is 0 Å². The summed E-state index contributed by atoms with van der Waals surface area (Å²) in [7, 11) is 2.01. The molecule has 1 fully saturated rings. The molecule has 2 aliphatic rings. The SMILES string of the molecule is Cn1cc(CCN2C(=O)C(=O)/C(=C(\O)c3ccc4c(c3)CCO4)C2c2cccs2)c2ccccc21. The third-order valence-electron chi connectivity index (χ3n) is 6.92. The van der Waals surface area contributed by atoms with E-state index >= 15 is 0 Å². The van der Waals surface area contributed by atoms with E-state index in [-0.39, 0.29) is 11.3 Å². The lowest BCUT2D eigenvalue weighted by Gasteiger charge is -2.24.